The molecule has 3 aromatic carbocycles. The number of ether oxygens (including phenoxy) is 1. The van der Waals surface area contributed by atoms with Gasteiger partial charge in [0.05, 0.1) is 33.3 Å². The second-order valence-electron chi connectivity index (χ2n) is 16.0. The van der Waals surface area contributed by atoms with E-state index in [1.54, 1.807) is 29.2 Å². The number of hydrogen-bond acceptors (Lipinski definition) is 13. The molecule has 7 aromatic rings. The molecule has 318 valence electrons. The number of nitrogens with zero attached hydrogens (tertiary/aromatic N) is 10. The number of imide groups is 1. The van der Waals surface area contributed by atoms with Gasteiger partial charge in [-0.25, -0.2) is 22.6 Å². The maximum absolute atomic E-state index is 15.7. The van der Waals surface area contributed by atoms with Gasteiger partial charge in [0.1, 0.15) is 17.8 Å². The summed E-state index contributed by atoms with van der Waals surface area (Å²) in [5.74, 6) is -0.123. The number of carbonyl (C=O) groups is 2. The molecule has 10 rings (SSSR count). The Morgan fingerprint density at radius 1 is 0.968 bits per heavy atom. The summed E-state index contributed by atoms with van der Waals surface area (Å²) < 4.78 is 52.9. The minimum Gasteiger partial charge on any atom is -0.485 e. The van der Waals surface area contributed by atoms with Crippen LogP contribution in [-0.4, -0.2) is 103 Å². The highest BCUT2D eigenvalue weighted by molar-refractivity contribution is 7.91. The van der Waals surface area contributed by atoms with Crippen LogP contribution in [0.4, 0.5) is 32.3 Å². The van der Waals surface area contributed by atoms with Crippen LogP contribution in [0, 0.1) is 5.82 Å². The van der Waals surface area contributed by atoms with Crippen molar-refractivity contribution in [1.29, 1.82) is 0 Å². The normalized spacial score (nSPS) is 18.7. The second kappa shape index (κ2) is 14.9. The van der Waals surface area contributed by atoms with Gasteiger partial charge in [-0.15, -0.1) is 5.10 Å². The maximum Gasteiger partial charge on any atom is 0.329 e. The van der Waals surface area contributed by atoms with E-state index in [-0.39, 0.29) is 64.5 Å². The summed E-state index contributed by atoms with van der Waals surface area (Å²) in [6.07, 6.45) is 5.74. The van der Waals surface area contributed by atoms with Crippen molar-refractivity contribution in [1.82, 2.24) is 49.8 Å². The van der Waals surface area contributed by atoms with Crippen LogP contribution in [0.25, 0.3) is 27.8 Å². The van der Waals surface area contributed by atoms with Crippen LogP contribution in [-0.2, 0) is 21.7 Å². The number of aryl methyl sites for hydroxylation is 1. The van der Waals surface area contributed by atoms with E-state index in [1.165, 1.54) is 33.9 Å². The lowest BCUT2D eigenvalue weighted by molar-refractivity contribution is -0.120. The van der Waals surface area contributed by atoms with Gasteiger partial charge >= 0.3 is 6.03 Å². The first-order chi connectivity index (χ1) is 29.8. The van der Waals surface area contributed by atoms with Crippen LogP contribution >= 0.6 is 0 Å². The Morgan fingerprint density at radius 3 is 2.58 bits per heavy atom. The molecule has 20 heteroatoms. The number of hydrogen-bond donors (Lipinski definition) is 3. The second-order valence-corrected chi connectivity index (χ2v) is 18.0. The van der Waals surface area contributed by atoms with E-state index < -0.39 is 21.7 Å². The van der Waals surface area contributed by atoms with Crippen molar-refractivity contribution in [3.05, 3.63) is 90.8 Å². The van der Waals surface area contributed by atoms with Crippen LogP contribution in [0.2, 0.25) is 0 Å². The molecule has 3 aliphatic rings. The molecule has 62 heavy (non-hydrogen) atoms. The van der Waals surface area contributed by atoms with Crippen molar-refractivity contribution in [2.45, 2.75) is 67.6 Å². The fourth-order valence-electron chi connectivity index (χ4n) is 8.56. The largest absolute Gasteiger partial charge is 0.485 e. The van der Waals surface area contributed by atoms with E-state index in [1.807, 2.05) is 33.0 Å². The summed E-state index contributed by atoms with van der Waals surface area (Å²) in [4.78, 5) is 39.5. The summed E-state index contributed by atoms with van der Waals surface area (Å²) in [5, 5.41) is 21.9. The van der Waals surface area contributed by atoms with E-state index in [9.17, 15) is 18.0 Å². The molecule has 0 spiro atoms. The van der Waals surface area contributed by atoms with E-state index in [2.05, 4.69) is 69.9 Å². The van der Waals surface area contributed by atoms with Crippen LogP contribution in [0.5, 0.6) is 5.75 Å². The number of fused-ring (bicyclic) bond motifs is 3. The van der Waals surface area contributed by atoms with Crippen molar-refractivity contribution in [2.24, 2.45) is 7.05 Å². The SMILES string of the molecule is CC(C)Oc1c(-c2cn[nH]c2)ncn2nc(Nc3ccc(S(=O)(=O)c4cccc(C(C)N5CCN(c6ccc7c(N8CCC(=O)NC8=O)nn(C)c7c6)C6CC65)c4)cc3F)nc12. The average Bonchev–Trinajstić information content (AvgIpc) is 3.51. The molecule has 3 unspecified atom stereocenters. The zero-order valence-electron chi connectivity index (χ0n) is 34.2. The third kappa shape index (κ3) is 6.84. The number of benzene rings is 3. The fourth-order valence-corrected chi connectivity index (χ4v) is 9.89. The number of aromatic nitrogens is 8. The summed E-state index contributed by atoms with van der Waals surface area (Å²) in [6.45, 7) is 7.63. The quantitative estimate of drug-likeness (QED) is 0.150. The molecule has 0 bridgehead atoms. The lowest BCUT2D eigenvalue weighted by Gasteiger charge is -2.39. The number of piperazine rings is 1. The fraction of sp³-hybridized carbons (Fsp3) is 0.310. The minimum absolute atomic E-state index is 0.00933. The highest BCUT2D eigenvalue weighted by Gasteiger charge is 2.50. The monoisotopic (exact) mass is 859 g/mol. The lowest BCUT2D eigenvalue weighted by Crippen LogP contribution is -2.49. The molecule has 3 N–H and O–H groups in total. The standard InChI is InChI=1S/C42H42FN13O5S/c1-23(2)61-38-37(26-20-45-46-21-26)44-22-56-40(38)49-41(51-56)47-32-11-9-29(18-31(32)43)62(59,60)28-7-5-6-25(16-28)24(3)53-14-15-54(35-19-34(35)53)27-8-10-30-33(17-27)52(4)50-39(30)55-13-12-36(57)48-42(55)58/h5-11,16-18,20-24,34-35H,12-15,19H2,1-4H3,(H,45,46)(H,47,51)(H,48,57,58). The number of H-pyrrole nitrogens is 1. The van der Waals surface area contributed by atoms with Gasteiger partial charge < -0.3 is 15.0 Å². The van der Waals surface area contributed by atoms with Gasteiger partial charge in [-0.05, 0) is 81.3 Å². The molecular formula is C42H42FN13O5S. The third-order valence-electron chi connectivity index (χ3n) is 11.7. The number of anilines is 4. The highest BCUT2D eigenvalue weighted by atomic mass is 32.2. The molecule has 1 saturated carbocycles. The summed E-state index contributed by atoms with van der Waals surface area (Å²) >= 11 is 0. The van der Waals surface area contributed by atoms with E-state index in [0.717, 1.165) is 47.7 Å². The van der Waals surface area contributed by atoms with Gasteiger partial charge in [0.15, 0.2) is 11.6 Å². The zero-order valence-corrected chi connectivity index (χ0v) is 35.0. The molecule has 4 aromatic heterocycles. The Bertz CT molecular complexity index is 3020. The Kier molecular flexibility index (Phi) is 9.43. The lowest BCUT2D eigenvalue weighted by atomic mass is 10.1. The molecule has 3 amide bonds. The number of nitrogens with one attached hydrogen (secondary N) is 3. The van der Waals surface area contributed by atoms with Crippen molar-refractivity contribution in [3.63, 3.8) is 0 Å². The molecule has 2 aliphatic heterocycles. The molecule has 1 aliphatic carbocycles. The molecular weight excluding hydrogens is 818 g/mol. The predicted octanol–water partition coefficient (Wildman–Crippen LogP) is 5.37. The van der Waals surface area contributed by atoms with Gasteiger partial charge in [-0.3, -0.25) is 29.7 Å². The van der Waals surface area contributed by atoms with E-state index in [4.69, 9.17) is 4.74 Å². The number of carbonyl (C=O) groups excluding carboxylic acids is 2. The van der Waals surface area contributed by atoms with Gasteiger partial charge in [-0.2, -0.15) is 19.7 Å². The topological polar surface area (TPSA) is 201 Å². The minimum atomic E-state index is -4.09. The Balaban J connectivity index is 0.831. The first-order valence-corrected chi connectivity index (χ1v) is 21.8. The van der Waals surface area contributed by atoms with Crippen molar-refractivity contribution in [3.8, 4) is 17.0 Å². The van der Waals surface area contributed by atoms with Gasteiger partial charge in [0, 0.05) is 74.1 Å². The molecule has 3 fully saturated rings. The first kappa shape index (κ1) is 39.2. The summed E-state index contributed by atoms with van der Waals surface area (Å²) in [6, 6.07) is 16.7. The predicted molar refractivity (Wildman–Crippen MR) is 227 cm³/mol. The first-order valence-electron chi connectivity index (χ1n) is 20.3. The molecule has 2 saturated heterocycles. The number of rotatable bonds is 11. The molecule has 6 heterocycles. The van der Waals surface area contributed by atoms with E-state index in [0.29, 0.717) is 28.5 Å². The van der Waals surface area contributed by atoms with Crippen LogP contribution in [0.15, 0.2) is 89.2 Å². The number of halogens is 1. The van der Waals surface area contributed by atoms with Crippen molar-refractivity contribution in [2.75, 3.05) is 34.8 Å². The average molecular weight is 860 g/mol. The summed E-state index contributed by atoms with van der Waals surface area (Å²) in [5.41, 5.74) is 4.34. The number of urea groups is 1. The molecule has 18 nitrogen and oxygen atoms in total. The maximum atomic E-state index is 15.7. The highest BCUT2D eigenvalue weighted by Crippen LogP contribution is 2.44. The Hall–Kier alpha value is -6.93. The van der Waals surface area contributed by atoms with Crippen LogP contribution in [0.3, 0.4) is 0 Å². The van der Waals surface area contributed by atoms with Crippen LogP contribution in [0.1, 0.15) is 45.2 Å². The third-order valence-corrected chi connectivity index (χ3v) is 13.5. The zero-order chi connectivity index (χ0) is 43.0. The Labute approximate surface area is 354 Å². The summed E-state index contributed by atoms with van der Waals surface area (Å²) in [7, 11) is -2.25. The van der Waals surface area contributed by atoms with E-state index >= 15 is 4.39 Å². The number of amides is 3. The Morgan fingerprint density at radius 2 is 1.81 bits per heavy atom. The van der Waals surface area contributed by atoms with Crippen molar-refractivity contribution < 1.29 is 27.1 Å². The van der Waals surface area contributed by atoms with Gasteiger partial charge in [-0.1, -0.05) is 12.1 Å². The molecule has 3 atom stereocenters. The molecule has 0 radical (unpaired) electrons. The van der Waals surface area contributed by atoms with Gasteiger partial charge in [0.2, 0.25) is 27.3 Å². The van der Waals surface area contributed by atoms with Gasteiger partial charge in [0.25, 0.3) is 0 Å². The number of aromatic amines is 1. The number of sulfone groups is 1. The van der Waals surface area contributed by atoms with Crippen molar-refractivity contribution >= 4 is 61.5 Å². The van der Waals surface area contributed by atoms with Crippen LogP contribution < -0.4 is 25.2 Å². The smallest absolute Gasteiger partial charge is 0.329 e.